The molecule has 1 rings (SSSR count). The Morgan fingerprint density at radius 2 is 2.60 bits per heavy atom. The molecule has 1 atom stereocenters. The van der Waals surface area contributed by atoms with Crippen LogP contribution in [0.1, 0.15) is 12.8 Å². The lowest BCUT2D eigenvalue weighted by Crippen LogP contribution is -2.15. The molecule has 0 saturated carbocycles. The van der Waals surface area contributed by atoms with Gasteiger partial charge in [-0.3, -0.25) is 0 Å². The van der Waals surface area contributed by atoms with E-state index < -0.39 is 0 Å². The standard InChI is InChI=1S/C8H15NS/c1-7(6-9-2)8-4-3-5-10-8/h8-9H,1,3-6H2,2H3. The second kappa shape index (κ2) is 4.04. The van der Waals surface area contributed by atoms with Gasteiger partial charge in [-0.25, -0.2) is 0 Å². The lowest BCUT2D eigenvalue weighted by atomic mass is 10.1. The molecule has 1 saturated heterocycles. The SMILES string of the molecule is C=C(CNC)C1CCCS1. The molecular formula is C8H15NS. The summed E-state index contributed by atoms with van der Waals surface area (Å²) >= 11 is 2.05. The quantitative estimate of drug-likeness (QED) is 0.625. The Balaban J connectivity index is 2.25. The summed E-state index contributed by atoms with van der Waals surface area (Å²) in [5.74, 6) is 1.33. The minimum atomic E-state index is 0.743. The van der Waals surface area contributed by atoms with Crippen LogP contribution in [0.2, 0.25) is 0 Å². The minimum Gasteiger partial charge on any atom is -0.316 e. The van der Waals surface area contributed by atoms with Gasteiger partial charge in [-0.2, -0.15) is 11.8 Å². The molecule has 2 heteroatoms. The molecule has 1 fully saturated rings. The maximum absolute atomic E-state index is 4.04. The van der Waals surface area contributed by atoms with E-state index >= 15 is 0 Å². The first kappa shape index (κ1) is 8.15. The van der Waals surface area contributed by atoms with Crippen LogP contribution in [0.5, 0.6) is 0 Å². The van der Waals surface area contributed by atoms with Gasteiger partial charge in [0.15, 0.2) is 0 Å². The highest BCUT2D eigenvalue weighted by atomic mass is 32.2. The Morgan fingerprint density at radius 1 is 1.80 bits per heavy atom. The summed E-state index contributed by atoms with van der Waals surface area (Å²) < 4.78 is 0. The maximum Gasteiger partial charge on any atom is 0.0266 e. The number of thioether (sulfide) groups is 1. The van der Waals surface area contributed by atoms with Crippen molar-refractivity contribution in [2.75, 3.05) is 19.3 Å². The van der Waals surface area contributed by atoms with Crippen LogP contribution in [-0.4, -0.2) is 24.6 Å². The highest BCUT2D eigenvalue weighted by Crippen LogP contribution is 2.30. The molecule has 58 valence electrons. The molecular weight excluding hydrogens is 142 g/mol. The van der Waals surface area contributed by atoms with Crippen molar-refractivity contribution in [3.05, 3.63) is 12.2 Å². The van der Waals surface area contributed by atoms with E-state index in [1.165, 1.54) is 24.2 Å². The summed E-state index contributed by atoms with van der Waals surface area (Å²) in [5.41, 5.74) is 1.37. The zero-order valence-corrected chi connectivity index (χ0v) is 7.34. The van der Waals surface area contributed by atoms with Crippen molar-refractivity contribution >= 4 is 11.8 Å². The third kappa shape index (κ3) is 2.03. The first-order chi connectivity index (χ1) is 4.84. The highest BCUT2D eigenvalue weighted by Gasteiger charge is 2.17. The monoisotopic (exact) mass is 157 g/mol. The number of hydrogen-bond acceptors (Lipinski definition) is 2. The predicted molar refractivity (Wildman–Crippen MR) is 48.5 cm³/mol. The molecule has 10 heavy (non-hydrogen) atoms. The zero-order valence-electron chi connectivity index (χ0n) is 6.52. The van der Waals surface area contributed by atoms with Crippen molar-refractivity contribution in [1.29, 1.82) is 0 Å². The van der Waals surface area contributed by atoms with E-state index in [4.69, 9.17) is 0 Å². The molecule has 0 aliphatic carbocycles. The van der Waals surface area contributed by atoms with Crippen molar-refractivity contribution in [1.82, 2.24) is 5.32 Å². The number of hydrogen-bond donors (Lipinski definition) is 1. The molecule has 1 unspecified atom stereocenters. The van der Waals surface area contributed by atoms with E-state index in [0.29, 0.717) is 0 Å². The van der Waals surface area contributed by atoms with Gasteiger partial charge in [0.25, 0.3) is 0 Å². The van der Waals surface area contributed by atoms with E-state index in [1.54, 1.807) is 0 Å². The fraction of sp³-hybridized carbons (Fsp3) is 0.750. The Kier molecular flexibility index (Phi) is 3.29. The molecule has 0 aromatic heterocycles. The molecule has 0 radical (unpaired) electrons. The van der Waals surface area contributed by atoms with E-state index in [0.717, 1.165) is 11.8 Å². The molecule has 0 bridgehead atoms. The fourth-order valence-corrected chi connectivity index (χ4v) is 2.51. The van der Waals surface area contributed by atoms with Crippen molar-refractivity contribution in [2.45, 2.75) is 18.1 Å². The van der Waals surface area contributed by atoms with Gasteiger partial charge < -0.3 is 5.32 Å². The van der Waals surface area contributed by atoms with Crippen LogP contribution in [-0.2, 0) is 0 Å². The third-order valence-electron chi connectivity index (χ3n) is 1.79. The minimum absolute atomic E-state index is 0.743. The molecule has 0 aromatic rings. The number of rotatable bonds is 3. The van der Waals surface area contributed by atoms with E-state index in [9.17, 15) is 0 Å². The summed E-state index contributed by atoms with van der Waals surface area (Å²) in [5, 5.41) is 3.87. The van der Waals surface area contributed by atoms with Gasteiger partial charge in [0.2, 0.25) is 0 Å². The summed E-state index contributed by atoms with van der Waals surface area (Å²) in [6.07, 6.45) is 2.71. The Labute approximate surface area is 67.3 Å². The van der Waals surface area contributed by atoms with Crippen LogP contribution in [0.4, 0.5) is 0 Å². The third-order valence-corrected chi connectivity index (χ3v) is 3.28. The van der Waals surface area contributed by atoms with Crippen molar-refractivity contribution < 1.29 is 0 Å². The van der Waals surface area contributed by atoms with Crippen LogP contribution in [0.25, 0.3) is 0 Å². The second-order valence-corrected chi connectivity index (χ2v) is 4.00. The molecule has 0 aromatic carbocycles. The van der Waals surface area contributed by atoms with Crippen molar-refractivity contribution in [3.8, 4) is 0 Å². The Bertz CT molecular complexity index is 116. The summed E-state index contributed by atoms with van der Waals surface area (Å²) in [4.78, 5) is 0. The van der Waals surface area contributed by atoms with Gasteiger partial charge in [0.1, 0.15) is 0 Å². The van der Waals surface area contributed by atoms with Crippen LogP contribution in [0, 0.1) is 0 Å². The van der Waals surface area contributed by atoms with Gasteiger partial charge in [-0.15, -0.1) is 0 Å². The molecule has 1 heterocycles. The van der Waals surface area contributed by atoms with Gasteiger partial charge >= 0.3 is 0 Å². The normalized spacial score (nSPS) is 25.1. The second-order valence-electron chi connectivity index (χ2n) is 2.69. The first-order valence-corrected chi connectivity index (χ1v) is 4.83. The summed E-state index contributed by atoms with van der Waals surface area (Å²) in [6, 6.07) is 0. The van der Waals surface area contributed by atoms with Gasteiger partial charge in [-0.05, 0) is 25.6 Å². The average molecular weight is 157 g/mol. The van der Waals surface area contributed by atoms with Crippen LogP contribution in [0.15, 0.2) is 12.2 Å². The smallest absolute Gasteiger partial charge is 0.0266 e. The summed E-state index contributed by atoms with van der Waals surface area (Å²) in [6.45, 7) is 5.03. The van der Waals surface area contributed by atoms with E-state index in [2.05, 4.69) is 23.7 Å². The van der Waals surface area contributed by atoms with Gasteiger partial charge in [0.05, 0.1) is 0 Å². The largest absolute Gasteiger partial charge is 0.316 e. The topological polar surface area (TPSA) is 12.0 Å². The number of likely N-dealkylation sites (N-methyl/N-ethyl adjacent to an activating group) is 1. The molecule has 1 aliphatic heterocycles. The Morgan fingerprint density at radius 3 is 3.10 bits per heavy atom. The Hall–Kier alpha value is 0.0500. The van der Waals surface area contributed by atoms with Gasteiger partial charge in [0, 0.05) is 11.8 Å². The molecule has 1 nitrogen and oxygen atoms in total. The first-order valence-electron chi connectivity index (χ1n) is 3.78. The van der Waals surface area contributed by atoms with Crippen molar-refractivity contribution in [3.63, 3.8) is 0 Å². The maximum atomic E-state index is 4.04. The molecule has 1 N–H and O–H groups in total. The lowest BCUT2D eigenvalue weighted by molar-refractivity contribution is 0.791. The average Bonchev–Trinajstić information content (AvgIpc) is 2.38. The lowest BCUT2D eigenvalue weighted by Gasteiger charge is -2.10. The fourth-order valence-electron chi connectivity index (χ4n) is 1.24. The van der Waals surface area contributed by atoms with Crippen LogP contribution < -0.4 is 5.32 Å². The van der Waals surface area contributed by atoms with Crippen LogP contribution in [0.3, 0.4) is 0 Å². The van der Waals surface area contributed by atoms with Crippen molar-refractivity contribution in [2.24, 2.45) is 0 Å². The molecule has 0 spiro atoms. The molecule has 0 amide bonds. The van der Waals surface area contributed by atoms with Crippen LogP contribution >= 0.6 is 11.8 Å². The zero-order chi connectivity index (χ0) is 7.40. The predicted octanol–water partition coefficient (Wildman–Crippen LogP) is 1.66. The van der Waals surface area contributed by atoms with Gasteiger partial charge in [-0.1, -0.05) is 12.2 Å². The highest BCUT2D eigenvalue weighted by molar-refractivity contribution is 8.00. The summed E-state index contributed by atoms with van der Waals surface area (Å²) in [7, 11) is 1.98. The van der Waals surface area contributed by atoms with E-state index in [1.807, 2.05) is 7.05 Å². The van der Waals surface area contributed by atoms with E-state index in [-0.39, 0.29) is 0 Å². The molecule has 1 aliphatic rings. The number of nitrogens with one attached hydrogen (secondary N) is 1.